The van der Waals surface area contributed by atoms with Gasteiger partial charge in [0, 0.05) is 17.6 Å². The van der Waals surface area contributed by atoms with Crippen molar-refractivity contribution >= 4 is 10.9 Å². The van der Waals surface area contributed by atoms with Crippen LogP contribution in [-0.2, 0) is 6.54 Å². The van der Waals surface area contributed by atoms with Gasteiger partial charge in [-0.1, -0.05) is 12.1 Å². The van der Waals surface area contributed by atoms with Crippen LogP contribution in [0.15, 0.2) is 36.7 Å². The fourth-order valence-corrected chi connectivity index (χ4v) is 2.18. The molecule has 0 radical (unpaired) electrons. The molecule has 2 heterocycles. The number of H-pyrrole nitrogens is 1. The lowest BCUT2D eigenvalue weighted by atomic mass is 10.1. The van der Waals surface area contributed by atoms with Gasteiger partial charge >= 0.3 is 0 Å². The Kier molecular flexibility index (Phi) is 3.43. The van der Waals surface area contributed by atoms with Crippen molar-refractivity contribution in [3.63, 3.8) is 0 Å². The van der Waals surface area contributed by atoms with E-state index >= 15 is 0 Å². The number of nitrogens with zero attached hydrogens (tertiary/aromatic N) is 3. The lowest BCUT2D eigenvalue weighted by Gasteiger charge is -2.11. The van der Waals surface area contributed by atoms with Gasteiger partial charge in [-0.2, -0.15) is 5.10 Å². The van der Waals surface area contributed by atoms with Crippen LogP contribution in [0.3, 0.4) is 0 Å². The Labute approximate surface area is 117 Å². The maximum Gasteiger partial charge on any atom is 0.141 e. The third-order valence-corrected chi connectivity index (χ3v) is 3.35. The van der Waals surface area contributed by atoms with E-state index in [0.717, 1.165) is 23.6 Å². The van der Waals surface area contributed by atoms with E-state index in [1.54, 1.807) is 0 Å². The van der Waals surface area contributed by atoms with E-state index in [0.29, 0.717) is 0 Å². The van der Waals surface area contributed by atoms with Gasteiger partial charge in [0.2, 0.25) is 0 Å². The molecular formula is C15H17N5. The molecule has 5 heteroatoms. The van der Waals surface area contributed by atoms with E-state index < -0.39 is 0 Å². The van der Waals surface area contributed by atoms with Crippen LogP contribution < -0.4 is 5.32 Å². The molecule has 3 rings (SSSR count). The minimum atomic E-state index is 0.143. The molecule has 0 aliphatic carbocycles. The Hall–Kier alpha value is -2.27. The number of hydrogen-bond donors (Lipinski definition) is 2. The first kappa shape index (κ1) is 12.7. The average molecular weight is 267 g/mol. The highest BCUT2D eigenvalue weighted by molar-refractivity contribution is 5.79. The maximum absolute atomic E-state index is 4.51. The smallest absolute Gasteiger partial charge is 0.141 e. The van der Waals surface area contributed by atoms with Gasteiger partial charge < -0.3 is 5.32 Å². The number of aromatic amines is 1. The summed E-state index contributed by atoms with van der Waals surface area (Å²) in [5.41, 5.74) is 3.31. The number of nitrogens with one attached hydrogen (secondary N) is 2. The molecule has 0 spiro atoms. The van der Waals surface area contributed by atoms with Crippen molar-refractivity contribution < 1.29 is 0 Å². The molecule has 3 aromatic rings. The standard InChI is InChI=1S/C15H17N5/c1-10-3-5-13-7-12(4-6-14(13)19-10)8-16-11(2)15-17-9-18-20-15/h3-7,9,11,16H,8H2,1-2H3,(H,17,18,20). The van der Waals surface area contributed by atoms with Crippen molar-refractivity contribution in [2.75, 3.05) is 0 Å². The number of fused-ring (bicyclic) bond motifs is 1. The van der Waals surface area contributed by atoms with Crippen LogP contribution in [0.4, 0.5) is 0 Å². The third-order valence-electron chi connectivity index (χ3n) is 3.35. The first-order valence-corrected chi connectivity index (χ1v) is 6.67. The molecule has 5 nitrogen and oxygen atoms in total. The Morgan fingerprint density at radius 1 is 1.25 bits per heavy atom. The van der Waals surface area contributed by atoms with Gasteiger partial charge in [0.25, 0.3) is 0 Å². The molecular weight excluding hydrogens is 250 g/mol. The SMILES string of the molecule is Cc1ccc2cc(CNC(C)c3ncn[nH]3)ccc2n1. The zero-order chi connectivity index (χ0) is 13.9. The molecule has 0 saturated carbocycles. The van der Waals surface area contributed by atoms with Crippen molar-refractivity contribution in [3.05, 3.63) is 53.7 Å². The van der Waals surface area contributed by atoms with Gasteiger partial charge in [0.1, 0.15) is 12.2 Å². The summed E-state index contributed by atoms with van der Waals surface area (Å²) in [7, 11) is 0. The first-order chi connectivity index (χ1) is 9.72. The Balaban J connectivity index is 1.73. The van der Waals surface area contributed by atoms with Crippen molar-refractivity contribution in [3.8, 4) is 0 Å². The molecule has 0 saturated heterocycles. The number of benzene rings is 1. The lowest BCUT2D eigenvalue weighted by molar-refractivity contribution is 0.548. The molecule has 1 atom stereocenters. The molecule has 0 aliphatic rings. The number of aromatic nitrogens is 4. The summed E-state index contributed by atoms with van der Waals surface area (Å²) in [5.74, 6) is 0.850. The lowest BCUT2D eigenvalue weighted by Crippen LogP contribution is -2.19. The highest BCUT2D eigenvalue weighted by Crippen LogP contribution is 2.15. The topological polar surface area (TPSA) is 66.5 Å². The summed E-state index contributed by atoms with van der Waals surface area (Å²) < 4.78 is 0. The van der Waals surface area contributed by atoms with Crippen molar-refractivity contribution in [2.45, 2.75) is 26.4 Å². The van der Waals surface area contributed by atoms with Crippen LogP contribution in [0.1, 0.15) is 30.0 Å². The zero-order valence-electron chi connectivity index (χ0n) is 11.6. The Morgan fingerprint density at radius 3 is 2.95 bits per heavy atom. The Bertz CT molecular complexity index is 705. The molecule has 20 heavy (non-hydrogen) atoms. The molecule has 1 unspecified atom stereocenters. The van der Waals surface area contributed by atoms with E-state index in [1.807, 2.05) is 13.0 Å². The summed E-state index contributed by atoms with van der Waals surface area (Å²) in [4.78, 5) is 8.66. The van der Waals surface area contributed by atoms with Crippen LogP contribution in [0, 0.1) is 6.92 Å². The molecule has 0 aliphatic heterocycles. The van der Waals surface area contributed by atoms with Gasteiger partial charge in [-0.3, -0.25) is 10.1 Å². The van der Waals surface area contributed by atoms with Crippen molar-refractivity contribution in [1.29, 1.82) is 0 Å². The second-order valence-electron chi connectivity index (χ2n) is 4.95. The minimum absolute atomic E-state index is 0.143. The van der Waals surface area contributed by atoms with Gasteiger partial charge in [-0.15, -0.1) is 0 Å². The number of pyridine rings is 1. The van der Waals surface area contributed by atoms with Gasteiger partial charge in [-0.25, -0.2) is 4.98 Å². The quantitative estimate of drug-likeness (QED) is 0.762. The second-order valence-corrected chi connectivity index (χ2v) is 4.95. The second kappa shape index (κ2) is 5.38. The maximum atomic E-state index is 4.51. The van der Waals surface area contributed by atoms with Gasteiger partial charge in [0.15, 0.2) is 0 Å². The van der Waals surface area contributed by atoms with E-state index in [1.165, 1.54) is 17.3 Å². The minimum Gasteiger partial charge on any atom is -0.303 e. The van der Waals surface area contributed by atoms with Crippen molar-refractivity contribution in [2.24, 2.45) is 0 Å². The summed E-state index contributed by atoms with van der Waals surface area (Å²) >= 11 is 0. The fraction of sp³-hybridized carbons (Fsp3) is 0.267. The molecule has 0 fully saturated rings. The predicted molar refractivity (Wildman–Crippen MR) is 78.1 cm³/mol. The van der Waals surface area contributed by atoms with Crippen LogP contribution >= 0.6 is 0 Å². The predicted octanol–water partition coefficient (Wildman–Crippen LogP) is 2.51. The summed E-state index contributed by atoms with van der Waals surface area (Å²) in [6.45, 7) is 4.85. The fourth-order valence-electron chi connectivity index (χ4n) is 2.18. The molecule has 1 aromatic carbocycles. The molecule has 0 bridgehead atoms. The number of hydrogen-bond acceptors (Lipinski definition) is 4. The number of aryl methyl sites for hydroxylation is 1. The average Bonchev–Trinajstić information content (AvgIpc) is 2.99. The largest absolute Gasteiger partial charge is 0.303 e. The van der Waals surface area contributed by atoms with E-state index in [9.17, 15) is 0 Å². The third kappa shape index (κ3) is 2.67. The monoisotopic (exact) mass is 267 g/mol. The van der Waals surface area contributed by atoms with Crippen LogP contribution in [-0.4, -0.2) is 20.2 Å². The first-order valence-electron chi connectivity index (χ1n) is 6.67. The molecule has 102 valence electrons. The van der Waals surface area contributed by atoms with Gasteiger partial charge in [0.05, 0.1) is 11.6 Å². The van der Waals surface area contributed by atoms with E-state index in [4.69, 9.17) is 0 Å². The zero-order valence-corrected chi connectivity index (χ0v) is 11.6. The van der Waals surface area contributed by atoms with Crippen LogP contribution in [0.5, 0.6) is 0 Å². The van der Waals surface area contributed by atoms with Crippen LogP contribution in [0.2, 0.25) is 0 Å². The van der Waals surface area contributed by atoms with E-state index in [2.05, 4.69) is 56.7 Å². The highest BCUT2D eigenvalue weighted by Gasteiger charge is 2.07. The molecule has 2 N–H and O–H groups in total. The molecule has 0 amide bonds. The Morgan fingerprint density at radius 2 is 2.15 bits per heavy atom. The normalized spacial score (nSPS) is 12.7. The van der Waals surface area contributed by atoms with Gasteiger partial charge in [-0.05, 0) is 37.6 Å². The summed E-state index contributed by atoms with van der Waals surface area (Å²) in [5, 5.41) is 11.3. The van der Waals surface area contributed by atoms with Crippen LogP contribution in [0.25, 0.3) is 10.9 Å². The van der Waals surface area contributed by atoms with E-state index in [-0.39, 0.29) is 6.04 Å². The highest BCUT2D eigenvalue weighted by atomic mass is 15.2. The summed E-state index contributed by atoms with van der Waals surface area (Å²) in [6.07, 6.45) is 1.53. The molecule has 2 aromatic heterocycles. The van der Waals surface area contributed by atoms with Crippen molar-refractivity contribution in [1.82, 2.24) is 25.5 Å². The number of rotatable bonds is 4. The summed E-state index contributed by atoms with van der Waals surface area (Å²) in [6, 6.07) is 10.6.